The smallest absolute Gasteiger partial charge is 0.119 e. The molecule has 1 aliphatic heterocycles. The molecule has 1 aliphatic rings. The first kappa shape index (κ1) is 16.7. The number of hydrogen-bond donors (Lipinski definition) is 1. The van der Waals surface area contributed by atoms with E-state index in [-0.39, 0.29) is 12.1 Å². The van der Waals surface area contributed by atoms with E-state index in [1.165, 1.54) is 5.69 Å². The summed E-state index contributed by atoms with van der Waals surface area (Å²) in [5, 5.41) is 0. The van der Waals surface area contributed by atoms with Gasteiger partial charge < -0.3 is 20.1 Å². The van der Waals surface area contributed by atoms with Gasteiger partial charge in [-0.15, -0.1) is 0 Å². The lowest BCUT2D eigenvalue weighted by Crippen LogP contribution is -2.24. The minimum atomic E-state index is 0.0562. The Morgan fingerprint density at radius 2 is 1.75 bits per heavy atom. The molecule has 1 fully saturated rings. The van der Waals surface area contributed by atoms with Crippen molar-refractivity contribution in [1.29, 1.82) is 0 Å². The maximum atomic E-state index is 6.12. The Morgan fingerprint density at radius 3 is 2.38 bits per heavy atom. The Bertz CT molecular complexity index is 638. The van der Waals surface area contributed by atoms with Gasteiger partial charge in [-0.3, -0.25) is 0 Å². The van der Waals surface area contributed by atoms with Gasteiger partial charge >= 0.3 is 0 Å². The van der Waals surface area contributed by atoms with Crippen molar-refractivity contribution in [2.75, 3.05) is 24.6 Å². The Morgan fingerprint density at radius 1 is 1.08 bits per heavy atom. The van der Waals surface area contributed by atoms with E-state index in [0.29, 0.717) is 6.61 Å². The van der Waals surface area contributed by atoms with E-state index in [4.69, 9.17) is 15.2 Å². The third kappa shape index (κ3) is 4.01. The number of rotatable bonds is 6. The van der Waals surface area contributed by atoms with Gasteiger partial charge in [-0.25, -0.2) is 0 Å². The molecule has 0 unspecified atom stereocenters. The second kappa shape index (κ2) is 7.58. The quantitative estimate of drug-likeness (QED) is 0.878. The third-order valence-corrected chi connectivity index (χ3v) is 4.37. The number of ether oxygens (including phenoxy) is 2. The van der Waals surface area contributed by atoms with Crippen LogP contribution >= 0.6 is 0 Å². The Balaban J connectivity index is 1.56. The largest absolute Gasteiger partial charge is 0.494 e. The molecular weight excluding hydrogens is 300 g/mol. The van der Waals surface area contributed by atoms with Crippen LogP contribution < -0.4 is 20.1 Å². The van der Waals surface area contributed by atoms with Crippen LogP contribution in [-0.2, 0) is 0 Å². The topological polar surface area (TPSA) is 47.7 Å². The molecule has 4 heteroatoms. The lowest BCUT2D eigenvalue weighted by molar-refractivity contribution is 0.225. The van der Waals surface area contributed by atoms with Crippen molar-refractivity contribution in [1.82, 2.24) is 0 Å². The molecule has 0 spiro atoms. The van der Waals surface area contributed by atoms with Crippen LogP contribution in [0.25, 0.3) is 0 Å². The van der Waals surface area contributed by atoms with Gasteiger partial charge in [-0.05, 0) is 55.8 Å². The van der Waals surface area contributed by atoms with Gasteiger partial charge in [0, 0.05) is 24.7 Å². The van der Waals surface area contributed by atoms with Gasteiger partial charge in [-0.1, -0.05) is 12.1 Å². The van der Waals surface area contributed by atoms with Crippen molar-refractivity contribution >= 4 is 5.69 Å². The van der Waals surface area contributed by atoms with Crippen LogP contribution in [0.4, 0.5) is 5.69 Å². The third-order valence-electron chi connectivity index (χ3n) is 4.37. The first-order valence-corrected chi connectivity index (χ1v) is 8.65. The van der Waals surface area contributed by atoms with Crippen molar-refractivity contribution in [3.63, 3.8) is 0 Å². The van der Waals surface area contributed by atoms with Crippen molar-refractivity contribution in [2.24, 2.45) is 5.73 Å². The molecule has 0 bridgehead atoms. The predicted octanol–water partition coefficient (Wildman–Crippen LogP) is 3.76. The van der Waals surface area contributed by atoms with Gasteiger partial charge in [0.15, 0.2) is 0 Å². The lowest BCUT2D eigenvalue weighted by atomic mass is 10.1. The molecule has 2 aromatic rings. The number of nitrogens with two attached hydrogens (primary N) is 1. The van der Waals surface area contributed by atoms with Crippen LogP contribution in [0.1, 0.15) is 31.9 Å². The molecule has 0 aromatic heterocycles. The zero-order chi connectivity index (χ0) is 16.9. The summed E-state index contributed by atoms with van der Waals surface area (Å²) in [5.74, 6) is 1.83. The van der Waals surface area contributed by atoms with Gasteiger partial charge in [0.2, 0.25) is 0 Å². The van der Waals surface area contributed by atoms with Crippen LogP contribution in [0.3, 0.4) is 0 Å². The molecule has 0 radical (unpaired) electrons. The first-order valence-electron chi connectivity index (χ1n) is 8.65. The van der Waals surface area contributed by atoms with Gasteiger partial charge in [0.25, 0.3) is 0 Å². The standard InChI is InChI=1S/C20H26N2O2/c1-3-23-18-10-6-17(7-11-18)22-13-12-20(14-22)24-19-8-4-16(5-9-19)15(2)21/h4-11,15,20H,3,12-14,21H2,1-2H3/t15-,20+/m0/s1. The molecule has 0 amide bonds. The maximum Gasteiger partial charge on any atom is 0.119 e. The highest BCUT2D eigenvalue weighted by Gasteiger charge is 2.24. The molecule has 24 heavy (non-hydrogen) atoms. The van der Waals surface area contributed by atoms with Gasteiger partial charge in [-0.2, -0.15) is 0 Å². The van der Waals surface area contributed by atoms with E-state index in [1.807, 2.05) is 50.2 Å². The molecule has 1 saturated heterocycles. The summed E-state index contributed by atoms with van der Waals surface area (Å²) in [5.41, 5.74) is 8.23. The average molecular weight is 326 g/mol. The Hall–Kier alpha value is -2.20. The van der Waals surface area contributed by atoms with Crippen LogP contribution in [0.5, 0.6) is 11.5 Å². The van der Waals surface area contributed by atoms with E-state index in [9.17, 15) is 0 Å². The zero-order valence-corrected chi connectivity index (χ0v) is 14.4. The normalized spacial score (nSPS) is 18.5. The van der Waals surface area contributed by atoms with E-state index in [2.05, 4.69) is 17.0 Å². The minimum Gasteiger partial charge on any atom is -0.494 e. The second-order valence-corrected chi connectivity index (χ2v) is 6.26. The summed E-state index contributed by atoms with van der Waals surface area (Å²) in [6.45, 7) is 6.60. The number of hydrogen-bond acceptors (Lipinski definition) is 4. The molecule has 3 rings (SSSR count). The first-order chi connectivity index (χ1) is 11.7. The summed E-state index contributed by atoms with van der Waals surface area (Å²) in [6, 6.07) is 16.4. The second-order valence-electron chi connectivity index (χ2n) is 6.26. The zero-order valence-electron chi connectivity index (χ0n) is 14.4. The van der Waals surface area contributed by atoms with E-state index < -0.39 is 0 Å². The highest BCUT2D eigenvalue weighted by atomic mass is 16.5. The molecule has 0 aliphatic carbocycles. The highest BCUT2D eigenvalue weighted by Crippen LogP contribution is 2.26. The van der Waals surface area contributed by atoms with E-state index >= 15 is 0 Å². The fraction of sp³-hybridized carbons (Fsp3) is 0.400. The molecular formula is C20H26N2O2. The summed E-state index contributed by atoms with van der Waals surface area (Å²) < 4.78 is 11.6. The maximum absolute atomic E-state index is 6.12. The Kier molecular flexibility index (Phi) is 5.26. The number of benzene rings is 2. The fourth-order valence-corrected chi connectivity index (χ4v) is 3.02. The van der Waals surface area contributed by atoms with Crippen LogP contribution in [0.15, 0.2) is 48.5 Å². The molecule has 2 aromatic carbocycles. The van der Waals surface area contributed by atoms with Gasteiger partial charge in [0.1, 0.15) is 17.6 Å². The van der Waals surface area contributed by atoms with E-state index in [1.54, 1.807) is 0 Å². The summed E-state index contributed by atoms with van der Waals surface area (Å²) >= 11 is 0. The minimum absolute atomic E-state index is 0.0562. The Labute approximate surface area is 144 Å². The van der Waals surface area contributed by atoms with Crippen molar-refractivity contribution in [3.05, 3.63) is 54.1 Å². The number of nitrogens with zero attached hydrogens (tertiary/aromatic N) is 1. The molecule has 0 saturated carbocycles. The van der Waals surface area contributed by atoms with E-state index in [0.717, 1.165) is 36.6 Å². The summed E-state index contributed by atoms with van der Waals surface area (Å²) in [7, 11) is 0. The molecule has 2 N–H and O–H groups in total. The van der Waals surface area contributed by atoms with Crippen molar-refractivity contribution in [3.8, 4) is 11.5 Å². The lowest BCUT2D eigenvalue weighted by Gasteiger charge is -2.19. The highest BCUT2D eigenvalue weighted by molar-refractivity contribution is 5.50. The molecule has 128 valence electrons. The van der Waals surface area contributed by atoms with Gasteiger partial charge in [0.05, 0.1) is 13.2 Å². The van der Waals surface area contributed by atoms with Crippen molar-refractivity contribution in [2.45, 2.75) is 32.4 Å². The SMILES string of the molecule is CCOc1ccc(N2CC[C@@H](Oc3ccc([C@H](C)N)cc3)C2)cc1. The monoisotopic (exact) mass is 326 g/mol. The van der Waals surface area contributed by atoms with Crippen LogP contribution in [0.2, 0.25) is 0 Å². The number of anilines is 1. The molecule has 4 nitrogen and oxygen atoms in total. The van der Waals surface area contributed by atoms with Crippen molar-refractivity contribution < 1.29 is 9.47 Å². The summed E-state index contributed by atoms with van der Waals surface area (Å²) in [6.07, 6.45) is 1.25. The van der Waals surface area contributed by atoms with Crippen LogP contribution in [-0.4, -0.2) is 25.8 Å². The average Bonchev–Trinajstić information content (AvgIpc) is 3.05. The molecule has 1 heterocycles. The predicted molar refractivity (Wildman–Crippen MR) is 97.9 cm³/mol. The van der Waals surface area contributed by atoms with Crippen LogP contribution in [0, 0.1) is 0 Å². The molecule has 2 atom stereocenters. The fourth-order valence-electron chi connectivity index (χ4n) is 3.02. The summed E-state index contributed by atoms with van der Waals surface area (Å²) in [4.78, 5) is 2.36.